The summed E-state index contributed by atoms with van der Waals surface area (Å²) in [4.78, 5) is 9.67. The highest BCUT2D eigenvalue weighted by Crippen LogP contribution is 2.24. The van der Waals surface area contributed by atoms with Crippen LogP contribution in [0, 0.1) is 6.92 Å². The van der Waals surface area contributed by atoms with Crippen molar-refractivity contribution in [2.24, 2.45) is 0 Å². The van der Waals surface area contributed by atoms with Crippen LogP contribution in [0.1, 0.15) is 16.8 Å². The number of hydrogen-bond acceptors (Lipinski definition) is 2. The zero-order chi connectivity index (χ0) is 16.4. The average molecular weight is 310 g/mol. The molecule has 4 aromatic rings. The Morgan fingerprint density at radius 1 is 0.750 bits per heavy atom. The first-order valence-electron chi connectivity index (χ1n) is 8.16. The van der Waals surface area contributed by atoms with Crippen LogP contribution >= 0.6 is 0 Å². The number of aromatic nitrogens is 2. The van der Waals surface area contributed by atoms with E-state index in [2.05, 4.69) is 61.5 Å². The quantitative estimate of drug-likeness (QED) is 0.520. The molecule has 0 aliphatic rings. The number of fused-ring (bicyclic) bond motifs is 1. The van der Waals surface area contributed by atoms with Crippen molar-refractivity contribution in [2.75, 3.05) is 0 Å². The molecule has 3 aromatic carbocycles. The molecule has 0 aliphatic carbocycles. The molecule has 24 heavy (non-hydrogen) atoms. The largest absolute Gasteiger partial charge is 0.232 e. The summed E-state index contributed by atoms with van der Waals surface area (Å²) in [5.74, 6) is 0.790. The topological polar surface area (TPSA) is 25.8 Å². The summed E-state index contributed by atoms with van der Waals surface area (Å²) < 4.78 is 0. The molecule has 2 heteroatoms. The lowest BCUT2D eigenvalue weighted by Gasteiger charge is -2.10. The normalized spacial score (nSPS) is 10.9. The predicted molar refractivity (Wildman–Crippen MR) is 99.0 cm³/mol. The van der Waals surface area contributed by atoms with Crippen LogP contribution in [0.15, 0.2) is 78.9 Å². The molecule has 4 rings (SSSR count). The van der Waals surface area contributed by atoms with E-state index in [4.69, 9.17) is 9.97 Å². The second-order valence-corrected chi connectivity index (χ2v) is 6.04. The van der Waals surface area contributed by atoms with Crippen LogP contribution in [0.4, 0.5) is 0 Å². The van der Waals surface area contributed by atoms with Crippen molar-refractivity contribution < 1.29 is 0 Å². The first-order valence-corrected chi connectivity index (χ1v) is 8.16. The molecule has 0 unspecified atom stereocenters. The highest BCUT2D eigenvalue weighted by atomic mass is 14.9. The van der Waals surface area contributed by atoms with E-state index < -0.39 is 0 Å². The summed E-state index contributed by atoms with van der Waals surface area (Å²) >= 11 is 0. The molecule has 0 fully saturated rings. The van der Waals surface area contributed by atoms with Crippen molar-refractivity contribution in [3.63, 3.8) is 0 Å². The molecule has 0 saturated heterocycles. The van der Waals surface area contributed by atoms with E-state index in [0.717, 1.165) is 34.4 Å². The zero-order valence-corrected chi connectivity index (χ0v) is 13.6. The Morgan fingerprint density at radius 2 is 1.46 bits per heavy atom. The minimum Gasteiger partial charge on any atom is -0.232 e. The van der Waals surface area contributed by atoms with Gasteiger partial charge in [0, 0.05) is 17.4 Å². The average Bonchev–Trinajstić information content (AvgIpc) is 2.63. The van der Waals surface area contributed by atoms with E-state index in [9.17, 15) is 0 Å². The third-order valence-corrected chi connectivity index (χ3v) is 4.18. The summed E-state index contributed by atoms with van der Waals surface area (Å²) in [6, 6.07) is 27.0. The molecule has 0 atom stereocenters. The van der Waals surface area contributed by atoms with E-state index in [1.165, 1.54) is 11.1 Å². The summed E-state index contributed by atoms with van der Waals surface area (Å²) in [5.41, 5.74) is 5.62. The lowest BCUT2D eigenvalue weighted by atomic mass is 10.0. The number of aryl methyl sites for hydroxylation is 1. The maximum Gasteiger partial charge on any atom is 0.160 e. The molecule has 0 aliphatic heterocycles. The fourth-order valence-corrected chi connectivity index (χ4v) is 2.95. The van der Waals surface area contributed by atoms with E-state index in [0.29, 0.717) is 0 Å². The predicted octanol–water partition coefficient (Wildman–Crippen LogP) is 5.20. The molecule has 0 amide bonds. The zero-order valence-electron chi connectivity index (χ0n) is 13.6. The van der Waals surface area contributed by atoms with Crippen molar-refractivity contribution >= 4 is 10.9 Å². The first kappa shape index (κ1) is 14.6. The molecule has 2 nitrogen and oxygen atoms in total. The fraction of sp³-hybridized carbons (Fsp3) is 0.0909. The molecule has 0 radical (unpaired) electrons. The molecule has 0 bridgehead atoms. The van der Waals surface area contributed by atoms with Gasteiger partial charge >= 0.3 is 0 Å². The number of rotatable bonds is 3. The number of hydrogen-bond donors (Lipinski definition) is 0. The second-order valence-electron chi connectivity index (χ2n) is 6.04. The van der Waals surface area contributed by atoms with Crippen LogP contribution in [0.3, 0.4) is 0 Å². The molecular weight excluding hydrogens is 292 g/mol. The van der Waals surface area contributed by atoms with Crippen molar-refractivity contribution in [2.45, 2.75) is 13.3 Å². The minimum absolute atomic E-state index is 0.790. The third kappa shape index (κ3) is 2.91. The van der Waals surface area contributed by atoms with Crippen molar-refractivity contribution in [1.82, 2.24) is 9.97 Å². The third-order valence-electron chi connectivity index (χ3n) is 4.18. The Hall–Kier alpha value is -3.00. The molecule has 1 aromatic heterocycles. The summed E-state index contributed by atoms with van der Waals surface area (Å²) in [7, 11) is 0. The SMILES string of the molecule is Cc1ccc2nc(-c3ccccc3)nc(Cc3ccccc3)c2c1. The van der Waals surface area contributed by atoms with Gasteiger partial charge in [-0.3, -0.25) is 0 Å². The Bertz CT molecular complexity index is 977. The lowest BCUT2D eigenvalue weighted by Crippen LogP contribution is -1.99. The van der Waals surface area contributed by atoms with Gasteiger partial charge < -0.3 is 0 Å². The molecule has 0 N–H and O–H groups in total. The van der Waals surface area contributed by atoms with Gasteiger partial charge in [0.1, 0.15) is 0 Å². The van der Waals surface area contributed by atoms with Crippen LogP contribution in [0.25, 0.3) is 22.3 Å². The monoisotopic (exact) mass is 310 g/mol. The van der Waals surface area contributed by atoms with Crippen molar-refractivity contribution in [1.29, 1.82) is 0 Å². The van der Waals surface area contributed by atoms with E-state index in [1.807, 2.05) is 24.3 Å². The van der Waals surface area contributed by atoms with Crippen molar-refractivity contribution in [3.8, 4) is 11.4 Å². The lowest BCUT2D eigenvalue weighted by molar-refractivity contribution is 1.07. The van der Waals surface area contributed by atoms with Crippen LogP contribution in [-0.4, -0.2) is 9.97 Å². The van der Waals surface area contributed by atoms with Gasteiger partial charge in [-0.2, -0.15) is 0 Å². The van der Waals surface area contributed by atoms with Gasteiger partial charge in [-0.25, -0.2) is 9.97 Å². The summed E-state index contributed by atoms with van der Waals surface area (Å²) in [6.07, 6.45) is 0.809. The maximum absolute atomic E-state index is 4.90. The highest BCUT2D eigenvalue weighted by Gasteiger charge is 2.10. The van der Waals surface area contributed by atoms with Crippen LogP contribution in [0.5, 0.6) is 0 Å². The van der Waals surface area contributed by atoms with Gasteiger partial charge in [0.2, 0.25) is 0 Å². The van der Waals surface area contributed by atoms with E-state index in [-0.39, 0.29) is 0 Å². The summed E-state index contributed by atoms with van der Waals surface area (Å²) in [5, 5.41) is 1.14. The van der Waals surface area contributed by atoms with Gasteiger partial charge in [-0.15, -0.1) is 0 Å². The second kappa shape index (κ2) is 6.25. The van der Waals surface area contributed by atoms with Crippen LogP contribution in [-0.2, 0) is 6.42 Å². The molecule has 0 saturated carbocycles. The Labute approximate surface area is 141 Å². The Kier molecular flexibility index (Phi) is 3.80. The summed E-state index contributed by atoms with van der Waals surface area (Å²) in [6.45, 7) is 2.11. The number of benzene rings is 3. The highest BCUT2D eigenvalue weighted by molar-refractivity contribution is 5.83. The van der Waals surface area contributed by atoms with Gasteiger partial charge in [0.05, 0.1) is 11.2 Å². The van der Waals surface area contributed by atoms with Gasteiger partial charge in [0.15, 0.2) is 5.82 Å². The molecule has 0 spiro atoms. The Morgan fingerprint density at radius 3 is 2.21 bits per heavy atom. The van der Waals surface area contributed by atoms with Gasteiger partial charge in [0.25, 0.3) is 0 Å². The van der Waals surface area contributed by atoms with Crippen molar-refractivity contribution in [3.05, 3.63) is 95.7 Å². The van der Waals surface area contributed by atoms with Gasteiger partial charge in [-0.05, 0) is 24.6 Å². The van der Waals surface area contributed by atoms with Crippen LogP contribution < -0.4 is 0 Å². The smallest absolute Gasteiger partial charge is 0.160 e. The van der Waals surface area contributed by atoms with E-state index in [1.54, 1.807) is 0 Å². The minimum atomic E-state index is 0.790. The first-order chi connectivity index (χ1) is 11.8. The fourth-order valence-electron chi connectivity index (χ4n) is 2.95. The Balaban J connectivity index is 1.90. The number of nitrogens with zero attached hydrogens (tertiary/aromatic N) is 2. The molecule has 116 valence electrons. The van der Waals surface area contributed by atoms with Crippen LogP contribution in [0.2, 0.25) is 0 Å². The van der Waals surface area contributed by atoms with E-state index >= 15 is 0 Å². The van der Waals surface area contributed by atoms with Gasteiger partial charge in [-0.1, -0.05) is 72.3 Å². The maximum atomic E-state index is 4.90. The molecule has 1 heterocycles. The molecular formula is C22H18N2. The standard InChI is InChI=1S/C22H18N2/c1-16-12-13-20-19(14-16)21(15-17-8-4-2-5-9-17)24-22(23-20)18-10-6-3-7-11-18/h2-14H,15H2,1H3.